The van der Waals surface area contributed by atoms with E-state index in [-0.39, 0.29) is 50.3 Å². The van der Waals surface area contributed by atoms with Crippen LogP contribution >= 0.6 is 23.2 Å². The number of carboxylic acids is 1. The minimum atomic E-state index is -1.26. The van der Waals surface area contributed by atoms with Crippen LogP contribution in [-0.2, 0) is 6.61 Å². The molecule has 0 aliphatic carbocycles. The van der Waals surface area contributed by atoms with Crippen LogP contribution in [0.2, 0.25) is 10.0 Å². The van der Waals surface area contributed by atoms with E-state index in [4.69, 9.17) is 27.9 Å². The number of pyridine rings is 1. The molecule has 0 atom stereocenters. The summed E-state index contributed by atoms with van der Waals surface area (Å²) in [5, 5.41) is 20.2. The van der Waals surface area contributed by atoms with Gasteiger partial charge in [-0.1, -0.05) is 53.5 Å². The van der Waals surface area contributed by atoms with Crippen LogP contribution in [0.15, 0.2) is 36.4 Å². The average molecular weight is 378 g/mol. The number of nitrogens with zero attached hydrogens (tertiary/aromatic N) is 1. The quantitative estimate of drug-likeness (QED) is 0.680. The Morgan fingerprint density at radius 2 is 1.88 bits per heavy atom. The third-order valence-corrected chi connectivity index (χ3v) is 4.34. The summed E-state index contributed by atoms with van der Waals surface area (Å²) in [6.45, 7) is 1.66. The van der Waals surface area contributed by atoms with Crippen molar-refractivity contribution in [1.29, 1.82) is 0 Å². The number of benzene rings is 2. The summed E-state index contributed by atoms with van der Waals surface area (Å²) in [4.78, 5) is 15.5. The van der Waals surface area contributed by atoms with Crippen molar-refractivity contribution >= 4 is 40.1 Å². The van der Waals surface area contributed by atoms with Crippen molar-refractivity contribution in [2.45, 2.75) is 13.5 Å². The molecule has 0 amide bonds. The highest BCUT2D eigenvalue weighted by Gasteiger charge is 2.22. The third-order valence-electron chi connectivity index (χ3n) is 3.76. The van der Waals surface area contributed by atoms with Crippen molar-refractivity contribution in [1.82, 2.24) is 4.98 Å². The predicted octanol–water partition coefficient (Wildman–Crippen LogP) is 4.83. The number of fused-ring (bicyclic) bond motifs is 1. The lowest BCUT2D eigenvalue weighted by molar-refractivity contribution is 0.0689. The van der Waals surface area contributed by atoms with Crippen LogP contribution in [0.5, 0.6) is 11.5 Å². The van der Waals surface area contributed by atoms with Crippen molar-refractivity contribution in [3.8, 4) is 11.5 Å². The van der Waals surface area contributed by atoms with E-state index in [0.29, 0.717) is 0 Å². The van der Waals surface area contributed by atoms with Gasteiger partial charge in [-0.15, -0.1) is 0 Å². The lowest BCUT2D eigenvalue weighted by atomic mass is 10.1. The number of carboxylic acid groups (broad SMARTS) is 1. The van der Waals surface area contributed by atoms with Gasteiger partial charge in [-0.3, -0.25) is 0 Å². The molecule has 0 aliphatic rings. The van der Waals surface area contributed by atoms with Crippen molar-refractivity contribution < 1.29 is 19.7 Å². The van der Waals surface area contributed by atoms with Crippen molar-refractivity contribution in [2.75, 3.05) is 0 Å². The topological polar surface area (TPSA) is 79.7 Å². The lowest BCUT2D eigenvalue weighted by Gasteiger charge is -2.15. The van der Waals surface area contributed by atoms with Crippen LogP contribution in [0.3, 0.4) is 0 Å². The van der Waals surface area contributed by atoms with Crippen LogP contribution in [-0.4, -0.2) is 21.2 Å². The molecule has 5 nitrogen and oxygen atoms in total. The Morgan fingerprint density at radius 3 is 2.52 bits per heavy atom. The first-order valence-corrected chi connectivity index (χ1v) is 8.07. The van der Waals surface area contributed by atoms with E-state index in [1.54, 1.807) is 0 Å². The lowest BCUT2D eigenvalue weighted by Crippen LogP contribution is -2.06. The smallest absolute Gasteiger partial charge is 0.354 e. The Morgan fingerprint density at radius 1 is 1.20 bits per heavy atom. The number of carbonyl (C=O) groups is 1. The molecule has 2 N–H and O–H groups in total. The number of hydrogen-bond acceptors (Lipinski definition) is 4. The van der Waals surface area contributed by atoms with Crippen molar-refractivity contribution in [2.24, 2.45) is 0 Å². The Labute approximate surface area is 153 Å². The molecule has 128 valence electrons. The molecule has 0 unspecified atom stereocenters. The molecule has 3 rings (SSSR count). The minimum Gasteiger partial charge on any atom is -0.507 e. The predicted molar refractivity (Wildman–Crippen MR) is 95.9 cm³/mol. The fraction of sp³-hybridized carbons (Fsp3) is 0.111. The molecular formula is C18H13Cl2NO4. The maximum absolute atomic E-state index is 11.4. The molecule has 2 aromatic carbocycles. The van der Waals surface area contributed by atoms with Gasteiger partial charge in [0.1, 0.15) is 17.9 Å². The molecule has 3 aromatic rings. The van der Waals surface area contributed by atoms with Crippen LogP contribution in [0, 0.1) is 6.92 Å². The van der Waals surface area contributed by atoms with Gasteiger partial charge in [0.15, 0.2) is 11.4 Å². The van der Waals surface area contributed by atoms with Crippen LogP contribution in [0.4, 0.5) is 0 Å². The van der Waals surface area contributed by atoms with Gasteiger partial charge in [-0.2, -0.15) is 0 Å². The second-order valence-corrected chi connectivity index (χ2v) is 6.22. The zero-order valence-electron chi connectivity index (χ0n) is 13.1. The van der Waals surface area contributed by atoms with E-state index in [2.05, 4.69) is 4.98 Å². The number of halogens is 2. The summed E-state index contributed by atoms with van der Waals surface area (Å²) in [5.74, 6) is -1.35. The van der Waals surface area contributed by atoms with Gasteiger partial charge in [-0.25, -0.2) is 9.78 Å². The highest BCUT2D eigenvalue weighted by Crippen LogP contribution is 2.43. The first-order chi connectivity index (χ1) is 11.9. The van der Waals surface area contributed by atoms with Gasteiger partial charge < -0.3 is 14.9 Å². The Bertz CT molecular complexity index is 974. The van der Waals surface area contributed by atoms with E-state index in [9.17, 15) is 15.0 Å². The molecule has 0 aliphatic heterocycles. The Kier molecular flexibility index (Phi) is 4.70. The maximum atomic E-state index is 11.4. The van der Waals surface area contributed by atoms with E-state index in [0.717, 1.165) is 5.56 Å². The van der Waals surface area contributed by atoms with Crippen LogP contribution in [0.1, 0.15) is 21.6 Å². The highest BCUT2D eigenvalue weighted by molar-refractivity contribution is 6.40. The maximum Gasteiger partial charge on any atom is 0.354 e. The first kappa shape index (κ1) is 17.3. The van der Waals surface area contributed by atoms with Crippen LogP contribution < -0.4 is 4.74 Å². The van der Waals surface area contributed by atoms with Gasteiger partial charge in [0.2, 0.25) is 0 Å². The number of hydrogen-bond donors (Lipinski definition) is 2. The summed E-state index contributed by atoms with van der Waals surface area (Å²) in [6, 6.07) is 10.8. The molecule has 0 saturated carbocycles. The largest absolute Gasteiger partial charge is 0.507 e. The summed E-state index contributed by atoms with van der Waals surface area (Å²) >= 11 is 12.4. The minimum absolute atomic E-state index is 0.105. The summed E-state index contributed by atoms with van der Waals surface area (Å²) < 4.78 is 5.76. The Balaban J connectivity index is 2.18. The number of aromatic carboxylic acids is 1. The molecular weight excluding hydrogens is 365 g/mol. The van der Waals surface area contributed by atoms with Gasteiger partial charge in [0, 0.05) is 5.56 Å². The normalized spacial score (nSPS) is 10.8. The fourth-order valence-electron chi connectivity index (χ4n) is 2.49. The molecule has 1 aromatic heterocycles. The third kappa shape index (κ3) is 3.21. The first-order valence-electron chi connectivity index (χ1n) is 7.31. The molecule has 25 heavy (non-hydrogen) atoms. The van der Waals surface area contributed by atoms with Gasteiger partial charge in [-0.05, 0) is 18.6 Å². The SMILES string of the molecule is Cc1c(C(=O)O)nc2c(OCc3ccccc3)c(Cl)cc(Cl)c2c1O. The van der Waals surface area contributed by atoms with Gasteiger partial charge in [0.25, 0.3) is 0 Å². The second kappa shape index (κ2) is 6.78. The van der Waals surface area contributed by atoms with Crippen molar-refractivity contribution in [3.63, 3.8) is 0 Å². The van der Waals surface area contributed by atoms with E-state index in [1.807, 2.05) is 30.3 Å². The average Bonchev–Trinajstić information content (AvgIpc) is 2.57. The summed E-state index contributed by atoms with van der Waals surface area (Å²) in [5.41, 5.74) is 0.844. The number of aromatic hydroxyl groups is 1. The summed E-state index contributed by atoms with van der Waals surface area (Å²) in [6.07, 6.45) is 0. The number of rotatable bonds is 4. The fourth-order valence-corrected chi connectivity index (χ4v) is 3.09. The number of aromatic nitrogens is 1. The Hall–Kier alpha value is -2.50. The molecule has 0 radical (unpaired) electrons. The standard InChI is InChI=1S/C18H13Cl2NO4/c1-9-14(18(23)24)21-15-13(16(9)22)11(19)7-12(20)17(15)25-8-10-5-3-2-4-6-10/h2-7H,8H2,1H3,(H,21,22)(H,23,24). The molecule has 0 bridgehead atoms. The molecule has 0 saturated heterocycles. The zero-order valence-corrected chi connectivity index (χ0v) is 14.6. The molecule has 0 spiro atoms. The van der Waals surface area contributed by atoms with Gasteiger partial charge in [0.05, 0.1) is 15.4 Å². The molecule has 0 fully saturated rings. The number of ether oxygens (including phenoxy) is 1. The zero-order chi connectivity index (χ0) is 18.1. The monoisotopic (exact) mass is 377 g/mol. The van der Waals surface area contributed by atoms with E-state index >= 15 is 0 Å². The van der Waals surface area contributed by atoms with Crippen molar-refractivity contribution in [3.05, 3.63) is 63.3 Å². The molecule has 7 heteroatoms. The second-order valence-electron chi connectivity index (χ2n) is 5.41. The highest BCUT2D eigenvalue weighted by atomic mass is 35.5. The molecule has 1 heterocycles. The van der Waals surface area contributed by atoms with E-state index in [1.165, 1.54) is 13.0 Å². The summed E-state index contributed by atoms with van der Waals surface area (Å²) in [7, 11) is 0. The van der Waals surface area contributed by atoms with E-state index < -0.39 is 5.97 Å². The van der Waals surface area contributed by atoms with Gasteiger partial charge >= 0.3 is 5.97 Å². The van der Waals surface area contributed by atoms with Crippen LogP contribution in [0.25, 0.3) is 10.9 Å².